The summed E-state index contributed by atoms with van der Waals surface area (Å²) in [5.41, 5.74) is 1.35. The average Bonchev–Trinajstić information content (AvgIpc) is 2.93. The molecule has 40 heavy (non-hydrogen) atoms. The first-order chi connectivity index (χ1) is 19.1. The van der Waals surface area contributed by atoms with Crippen molar-refractivity contribution in [3.8, 4) is 28.4 Å². The topological polar surface area (TPSA) is 18.5 Å². The van der Waals surface area contributed by atoms with Crippen molar-refractivity contribution in [3.63, 3.8) is 0 Å². The van der Waals surface area contributed by atoms with Crippen molar-refractivity contribution < 1.29 is 35.8 Å². The van der Waals surface area contributed by atoms with E-state index in [-0.39, 0.29) is 17.7 Å². The van der Waals surface area contributed by atoms with Crippen LogP contribution in [0.15, 0.2) is 60.7 Å². The fourth-order valence-electron chi connectivity index (χ4n) is 4.88. The molecule has 0 spiro atoms. The summed E-state index contributed by atoms with van der Waals surface area (Å²) < 4.78 is 100.0. The van der Waals surface area contributed by atoms with E-state index in [4.69, 9.17) is 4.74 Å². The van der Waals surface area contributed by atoms with Gasteiger partial charge in [-0.15, -0.1) is 0 Å². The van der Waals surface area contributed by atoms with Crippen molar-refractivity contribution in [3.05, 3.63) is 112 Å². The van der Waals surface area contributed by atoms with E-state index in [0.29, 0.717) is 41.2 Å². The maximum absolute atomic E-state index is 15.2. The highest BCUT2D eigenvalue weighted by molar-refractivity contribution is 5.65. The second-order valence-corrected chi connectivity index (χ2v) is 9.81. The van der Waals surface area contributed by atoms with E-state index in [9.17, 15) is 17.6 Å². The summed E-state index contributed by atoms with van der Waals surface area (Å²) in [5.74, 6) is -7.18. The number of hydrogen-bond acceptors (Lipinski definition) is 2. The highest BCUT2D eigenvalue weighted by Gasteiger charge is 2.42. The lowest BCUT2D eigenvalue weighted by Crippen LogP contribution is -2.25. The van der Waals surface area contributed by atoms with Gasteiger partial charge in [0.1, 0.15) is 5.56 Å². The van der Waals surface area contributed by atoms with Crippen LogP contribution in [0.5, 0.6) is 17.2 Å². The number of halogens is 6. The van der Waals surface area contributed by atoms with Crippen LogP contribution in [0.3, 0.4) is 0 Å². The van der Waals surface area contributed by atoms with E-state index in [1.54, 1.807) is 24.3 Å². The van der Waals surface area contributed by atoms with Gasteiger partial charge in [0.05, 0.1) is 0 Å². The predicted octanol–water partition coefficient (Wildman–Crippen LogP) is 9.64. The molecule has 4 aromatic carbocycles. The summed E-state index contributed by atoms with van der Waals surface area (Å²) in [6, 6.07) is 14.7. The van der Waals surface area contributed by atoms with Crippen LogP contribution in [0.2, 0.25) is 0 Å². The van der Waals surface area contributed by atoms with Crippen molar-refractivity contribution >= 4 is 0 Å². The summed E-state index contributed by atoms with van der Waals surface area (Å²) >= 11 is 0. The summed E-state index contributed by atoms with van der Waals surface area (Å²) in [6.07, 6.45) is -1.66. The molecule has 0 saturated carbocycles. The number of rotatable bonds is 8. The number of benzene rings is 4. The van der Waals surface area contributed by atoms with Gasteiger partial charge in [-0.2, -0.15) is 13.2 Å². The Morgan fingerprint density at radius 1 is 0.725 bits per heavy atom. The van der Waals surface area contributed by atoms with E-state index < -0.39 is 46.4 Å². The summed E-state index contributed by atoms with van der Waals surface area (Å²) in [7, 11) is 0. The standard InChI is InChI=1S/C32H26F6O2/c1-3-5-18-7-9-19(10-8-18)21-13-14-26(25(33)17-21)40-32(37,38)24-16-23-15-22-12-11-20(6-4-2)27(34)30(22)39-31(23)29(36)28(24)35/h7-14,16-17H,3-6,15H2,1-2H3. The summed E-state index contributed by atoms with van der Waals surface area (Å²) in [6.45, 7) is 3.92. The Balaban J connectivity index is 1.42. The molecule has 0 saturated heterocycles. The largest absolute Gasteiger partial charge is 0.450 e. The van der Waals surface area contributed by atoms with Gasteiger partial charge < -0.3 is 9.47 Å². The smallest absolute Gasteiger partial charge is 0.429 e. The van der Waals surface area contributed by atoms with Gasteiger partial charge >= 0.3 is 6.11 Å². The Morgan fingerprint density at radius 3 is 2.08 bits per heavy atom. The molecule has 0 fully saturated rings. The van der Waals surface area contributed by atoms with Crippen molar-refractivity contribution in [1.29, 1.82) is 0 Å². The van der Waals surface area contributed by atoms with Crippen LogP contribution in [0, 0.1) is 23.3 Å². The molecule has 0 radical (unpaired) electrons. The van der Waals surface area contributed by atoms with Gasteiger partial charge in [0.15, 0.2) is 34.7 Å². The monoisotopic (exact) mass is 556 g/mol. The van der Waals surface area contributed by atoms with Gasteiger partial charge in [-0.25, -0.2) is 13.2 Å². The molecule has 208 valence electrons. The zero-order valence-electron chi connectivity index (χ0n) is 21.9. The van der Waals surface area contributed by atoms with Crippen molar-refractivity contribution in [1.82, 2.24) is 0 Å². The molecule has 1 aliphatic heterocycles. The van der Waals surface area contributed by atoms with Crippen LogP contribution in [0.1, 0.15) is 54.5 Å². The van der Waals surface area contributed by atoms with Gasteiger partial charge in [0.25, 0.3) is 0 Å². The highest BCUT2D eigenvalue weighted by Crippen LogP contribution is 2.45. The highest BCUT2D eigenvalue weighted by atomic mass is 19.3. The molecule has 2 nitrogen and oxygen atoms in total. The fraction of sp³-hybridized carbons (Fsp3) is 0.250. The lowest BCUT2D eigenvalue weighted by molar-refractivity contribution is -0.189. The van der Waals surface area contributed by atoms with Gasteiger partial charge in [-0.05, 0) is 53.3 Å². The van der Waals surface area contributed by atoms with Crippen LogP contribution in [0.25, 0.3) is 11.1 Å². The molecule has 0 aromatic heterocycles. The molecule has 0 bridgehead atoms. The molecule has 5 rings (SSSR count). The van der Waals surface area contributed by atoms with Crippen molar-refractivity contribution in [2.24, 2.45) is 0 Å². The molecule has 0 atom stereocenters. The van der Waals surface area contributed by atoms with Gasteiger partial charge in [0.2, 0.25) is 5.82 Å². The SMILES string of the molecule is CCCc1ccc(-c2ccc(OC(F)(F)c3cc4c(c(F)c3F)Oc3c(ccc(CCC)c3F)C4)c(F)c2)cc1. The number of hydrogen-bond donors (Lipinski definition) is 0. The normalized spacial score (nSPS) is 12.5. The minimum absolute atomic E-state index is 0.116. The second kappa shape index (κ2) is 10.9. The van der Waals surface area contributed by atoms with Gasteiger partial charge in [-0.1, -0.05) is 69.2 Å². The molecule has 0 amide bonds. The Morgan fingerprint density at radius 2 is 1.40 bits per heavy atom. The summed E-state index contributed by atoms with van der Waals surface area (Å²) in [4.78, 5) is 0. The maximum Gasteiger partial charge on any atom is 0.429 e. The van der Waals surface area contributed by atoms with Crippen molar-refractivity contribution in [2.75, 3.05) is 0 Å². The fourth-order valence-corrected chi connectivity index (χ4v) is 4.88. The zero-order chi connectivity index (χ0) is 28.6. The number of fused-ring (bicyclic) bond motifs is 2. The number of alkyl halides is 2. The third kappa shape index (κ3) is 5.15. The van der Waals surface area contributed by atoms with E-state index >= 15 is 8.78 Å². The third-order valence-corrected chi connectivity index (χ3v) is 6.91. The maximum atomic E-state index is 15.2. The van der Waals surface area contributed by atoms with Gasteiger partial charge in [0, 0.05) is 17.5 Å². The Labute approximate surface area is 228 Å². The van der Waals surface area contributed by atoms with Crippen LogP contribution in [-0.2, 0) is 25.4 Å². The number of ether oxygens (including phenoxy) is 2. The molecule has 0 N–H and O–H groups in total. The Hall–Kier alpha value is -3.94. The lowest BCUT2D eigenvalue weighted by Gasteiger charge is -2.25. The molecule has 1 heterocycles. The van der Waals surface area contributed by atoms with E-state index in [0.717, 1.165) is 30.5 Å². The van der Waals surface area contributed by atoms with Crippen LogP contribution in [0.4, 0.5) is 26.3 Å². The van der Waals surface area contributed by atoms with Crippen LogP contribution in [-0.4, -0.2) is 0 Å². The lowest BCUT2D eigenvalue weighted by atomic mass is 9.95. The molecule has 8 heteroatoms. The molecule has 1 aliphatic rings. The first-order valence-corrected chi connectivity index (χ1v) is 13.1. The van der Waals surface area contributed by atoms with E-state index in [1.807, 2.05) is 19.1 Å². The molecule has 0 unspecified atom stereocenters. The first-order valence-electron chi connectivity index (χ1n) is 13.1. The summed E-state index contributed by atoms with van der Waals surface area (Å²) in [5, 5.41) is 0. The zero-order valence-corrected chi connectivity index (χ0v) is 21.9. The van der Waals surface area contributed by atoms with Crippen LogP contribution >= 0.6 is 0 Å². The molecule has 0 aliphatic carbocycles. The quantitative estimate of drug-likeness (QED) is 0.177. The van der Waals surface area contributed by atoms with E-state index in [1.165, 1.54) is 6.07 Å². The number of aryl methyl sites for hydroxylation is 2. The Kier molecular flexibility index (Phi) is 7.53. The van der Waals surface area contributed by atoms with Gasteiger partial charge in [-0.3, -0.25) is 0 Å². The van der Waals surface area contributed by atoms with Crippen molar-refractivity contribution in [2.45, 2.75) is 52.1 Å². The minimum atomic E-state index is -4.43. The minimum Gasteiger partial charge on any atom is -0.450 e. The first kappa shape index (κ1) is 27.6. The molecule has 4 aromatic rings. The van der Waals surface area contributed by atoms with E-state index in [2.05, 4.69) is 11.7 Å². The second-order valence-electron chi connectivity index (χ2n) is 9.81. The Bertz CT molecular complexity index is 1560. The average molecular weight is 557 g/mol. The molecular formula is C32H26F6O2. The molecular weight excluding hydrogens is 530 g/mol. The predicted molar refractivity (Wildman–Crippen MR) is 140 cm³/mol. The third-order valence-electron chi connectivity index (χ3n) is 6.91. The van der Waals surface area contributed by atoms with Crippen LogP contribution < -0.4 is 9.47 Å².